The van der Waals surface area contributed by atoms with E-state index in [9.17, 15) is 4.79 Å². The summed E-state index contributed by atoms with van der Waals surface area (Å²) in [6, 6.07) is 6.13. The van der Waals surface area contributed by atoms with Gasteiger partial charge < -0.3 is 10.1 Å². The number of carbonyl (C=O) groups is 1. The monoisotopic (exact) mass is 313 g/mol. The number of aryl methyl sites for hydroxylation is 2. The van der Waals surface area contributed by atoms with Crippen LogP contribution in [0.15, 0.2) is 30.6 Å². The number of amides is 1. The third kappa shape index (κ3) is 3.73. The second-order valence-corrected chi connectivity index (χ2v) is 6.83. The Morgan fingerprint density at radius 1 is 1.48 bits per heavy atom. The molecule has 122 valence electrons. The van der Waals surface area contributed by atoms with E-state index in [1.54, 1.807) is 6.20 Å². The summed E-state index contributed by atoms with van der Waals surface area (Å²) in [6.45, 7) is 6.17. The average molecular weight is 313 g/mol. The number of rotatable bonds is 4. The molecule has 0 saturated carbocycles. The lowest BCUT2D eigenvalue weighted by Crippen LogP contribution is -2.41. The predicted molar refractivity (Wildman–Crippen MR) is 88.3 cm³/mol. The van der Waals surface area contributed by atoms with E-state index in [1.165, 1.54) is 5.56 Å². The van der Waals surface area contributed by atoms with Gasteiger partial charge in [-0.15, -0.1) is 0 Å². The average Bonchev–Trinajstić information content (AvgIpc) is 2.98. The van der Waals surface area contributed by atoms with Crippen molar-refractivity contribution in [2.45, 2.75) is 51.7 Å². The molecule has 0 saturated heterocycles. The molecule has 0 fully saturated rings. The molecule has 0 bridgehead atoms. The quantitative estimate of drug-likeness (QED) is 0.911. The van der Waals surface area contributed by atoms with Crippen LogP contribution >= 0.6 is 0 Å². The molecule has 0 spiro atoms. The summed E-state index contributed by atoms with van der Waals surface area (Å²) in [5.74, 6) is 0.924. The topological polar surface area (TPSA) is 67.0 Å². The summed E-state index contributed by atoms with van der Waals surface area (Å²) in [5.41, 5.74) is 3.00. The highest BCUT2D eigenvalue weighted by atomic mass is 16.5. The highest BCUT2D eigenvalue weighted by Gasteiger charge is 2.34. The fraction of sp³-hybridized carbons (Fsp3) is 0.444. The van der Waals surface area contributed by atoms with Crippen molar-refractivity contribution in [3.8, 4) is 5.75 Å². The Hall–Kier alpha value is -2.30. The number of H-pyrrole nitrogens is 1. The standard InChI is InChI=1S/C18H23N3O2/c1-12-4-6-16-14(8-12)15(9-18(2,3)23-16)21-17(22)7-5-13-10-19-20-11-13/h4,6,8,10-11,15H,5,7,9H2,1-3H3,(H,19,20)(H,21,22). The summed E-state index contributed by atoms with van der Waals surface area (Å²) < 4.78 is 6.04. The van der Waals surface area contributed by atoms with Gasteiger partial charge in [-0.05, 0) is 38.8 Å². The van der Waals surface area contributed by atoms with E-state index in [0.29, 0.717) is 12.8 Å². The maximum atomic E-state index is 12.3. The van der Waals surface area contributed by atoms with Crippen LogP contribution in [-0.4, -0.2) is 21.7 Å². The second-order valence-electron chi connectivity index (χ2n) is 6.83. The van der Waals surface area contributed by atoms with Crippen molar-refractivity contribution in [2.24, 2.45) is 0 Å². The van der Waals surface area contributed by atoms with Crippen LogP contribution < -0.4 is 10.1 Å². The Bertz CT molecular complexity index is 692. The molecule has 1 amide bonds. The molecule has 1 aliphatic heterocycles. The van der Waals surface area contributed by atoms with Gasteiger partial charge in [0.05, 0.1) is 12.2 Å². The molecular weight excluding hydrogens is 290 g/mol. The van der Waals surface area contributed by atoms with Crippen molar-refractivity contribution in [3.63, 3.8) is 0 Å². The summed E-state index contributed by atoms with van der Waals surface area (Å²) in [7, 11) is 0. The number of ether oxygens (including phenoxy) is 1. The zero-order chi connectivity index (χ0) is 16.4. The molecule has 3 rings (SSSR count). The normalized spacial score (nSPS) is 18.8. The number of aromatic amines is 1. The van der Waals surface area contributed by atoms with Gasteiger partial charge in [0.15, 0.2) is 0 Å². The zero-order valence-electron chi connectivity index (χ0n) is 13.8. The molecule has 1 aliphatic rings. The van der Waals surface area contributed by atoms with Crippen LogP contribution in [0.25, 0.3) is 0 Å². The third-order valence-electron chi connectivity index (χ3n) is 4.15. The van der Waals surface area contributed by atoms with Crippen molar-refractivity contribution < 1.29 is 9.53 Å². The first-order chi connectivity index (χ1) is 10.9. The van der Waals surface area contributed by atoms with Gasteiger partial charge in [0.1, 0.15) is 11.4 Å². The minimum absolute atomic E-state index is 0.00880. The molecular formula is C18H23N3O2. The first kappa shape index (κ1) is 15.6. The molecule has 0 aliphatic carbocycles. The number of hydrogen-bond donors (Lipinski definition) is 2. The Morgan fingerprint density at radius 3 is 3.04 bits per heavy atom. The summed E-state index contributed by atoms with van der Waals surface area (Å²) in [6.07, 6.45) is 5.49. The largest absolute Gasteiger partial charge is 0.487 e. The van der Waals surface area contributed by atoms with E-state index in [2.05, 4.69) is 42.4 Å². The molecule has 0 radical (unpaired) electrons. The highest BCUT2D eigenvalue weighted by Crippen LogP contribution is 2.39. The van der Waals surface area contributed by atoms with Crippen molar-refractivity contribution in [1.82, 2.24) is 15.5 Å². The van der Waals surface area contributed by atoms with Crippen molar-refractivity contribution in [3.05, 3.63) is 47.3 Å². The van der Waals surface area contributed by atoms with Crippen LogP contribution in [0, 0.1) is 6.92 Å². The van der Waals surface area contributed by atoms with Crippen LogP contribution in [0.2, 0.25) is 0 Å². The molecule has 5 heteroatoms. The van der Waals surface area contributed by atoms with E-state index in [4.69, 9.17) is 4.74 Å². The van der Waals surface area contributed by atoms with Crippen LogP contribution in [0.4, 0.5) is 0 Å². The number of hydrogen-bond acceptors (Lipinski definition) is 3. The number of fused-ring (bicyclic) bond motifs is 1. The summed E-state index contributed by atoms with van der Waals surface area (Å²) in [5, 5.41) is 9.84. The second kappa shape index (κ2) is 6.07. The molecule has 1 unspecified atom stereocenters. The van der Waals surface area contributed by atoms with Crippen LogP contribution in [0.3, 0.4) is 0 Å². The van der Waals surface area contributed by atoms with E-state index in [0.717, 1.165) is 23.3 Å². The number of aromatic nitrogens is 2. The molecule has 2 N–H and O–H groups in total. The molecule has 2 heterocycles. The van der Waals surface area contributed by atoms with Gasteiger partial charge in [0, 0.05) is 24.6 Å². The first-order valence-electron chi connectivity index (χ1n) is 7.99. The lowest BCUT2D eigenvalue weighted by atomic mass is 9.89. The first-order valence-corrected chi connectivity index (χ1v) is 7.99. The van der Waals surface area contributed by atoms with Gasteiger partial charge in [0.25, 0.3) is 0 Å². The van der Waals surface area contributed by atoms with Crippen molar-refractivity contribution >= 4 is 5.91 Å². The minimum Gasteiger partial charge on any atom is -0.487 e. The number of nitrogens with zero attached hydrogens (tertiary/aromatic N) is 1. The number of benzene rings is 1. The van der Waals surface area contributed by atoms with Crippen molar-refractivity contribution in [2.75, 3.05) is 0 Å². The van der Waals surface area contributed by atoms with E-state index in [1.807, 2.05) is 18.3 Å². The molecule has 1 aromatic heterocycles. The fourth-order valence-corrected chi connectivity index (χ4v) is 3.04. The molecule has 1 atom stereocenters. The predicted octanol–water partition coefficient (Wildman–Crippen LogP) is 3.07. The Balaban J connectivity index is 1.71. The number of carbonyl (C=O) groups excluding carboxylic acids is 1. The molecule has 23 heavy (non-hydrogen) atoms. The summed E-state index contributed by atoms with van der Waals surface area (Å²) >= 11 is 0. The Morgan fingerprint density at radius 2 is 2.30 bits per heavy atom. The van der Waals surface area contributed by atoms with Gasteiger partial charge in [-0.1, -0.05) is 17.7 Å². The minimum atomic E-state index is -0.287. The van der Waals surface area contributed by atoms with Gasteiger partial charge in [-0.25, -0.2) is 0 Å². The van der Waals surface area contributed by atoms with E-state index in [-0.39, 0.29) is 17.6 Å². The third-order valence-corrected chi connectivity index (χ3v) is 4.15. The fourth-order valence-electron chi connectivity index (χ4n) is 3.04. The smallest absolute Gasteiger partial charge is 0.220 e. The Kier molecular flexibility index (Phi) is 4.11. The van der Waals surface area contributed by atoms with Crippen LogP contribution in [0.1, 0.15) is 49.4 Å². The SMILES string of the molecule is Cc1ccc2c(c1)C(NC(=O)CCc1cn[nH]c1)CC(C)(C)O2. The maximum absolute atomic E-state index is 12.3. The van der Waals surface area contributed by atoms with Crippen LogP contribution in [-0.2, 0) is 11.2 Å². The van der Waals surface area contributed by atoms with Gasteiger partial charge in [-0.3, -0.25) is 9.89 Å². The lowest BCUT2D eigenvalue weighted by molar-refractivity contribution is -0.122. The lowest BCUT2D eigenvalue weighted by Gasteiger charge is -2.38. The van der Waals surface area contributed by atoms with Gasteiger partial charge in [-0.2, -0.15) is 5.10 Å². The van der Waals surface area contributed by atoms with Crippen molar-refractivity contribution in [1.29, 1.82) is 0 Å². The van der Waals surface area contributed by atoms with Gasteiger partial charge >= 0.3 is 0 Å². The molecule has 1 aromatic carbocycles. The summed E-state index contributed by atoms with van der Waals surface area (Å²) in [4.78, 5) is 12.3. The maximum Gasteiger partial charge on any atom is 0.220 e. The van der Waals surface area contributed by atoms with E-state index >= 15 is 0 Å². The number of nitrogens with one attached hydrogen (secondary N) is 2. The molecule has 2 aromatic rings. The highest BCUT2D eigenvalue weighted by molar-refractivity contribution is 5.77. The zero-order valence-corrected chi connectivity index (χ0v) is 13.8. The Labute approximate surface area is 136 Å². The molecule has 5 nitrogen and oxygen atoms in total. The van der Waals surface area contributed by atoms with Gasteiger partial charge in [0.2, 0.25) is 5.91 Å². The van der Waals surface area contributed by atoms with Crippen LogP contribution in [0.5, 0.6) is 5.75 Å². The van der Waals surface area contributed by atoms with E-state index < -0.39 is 0 Å².